The molecule has 0 N–H and O–H groups in total. The van der Waals surface area contributed by atoms with Crippen molar-refractivity contribution in [3.63, 3.8) is 0 Å². The Morgan fingerprint density at radius 3 is 2.39 bits per heavy atom. The van der Waals surface area contributed by atoms with Gasteiger partial charge >= 0.3 is 0 Å². The van der Waals surface area contributed by atoms with Crippen LogP contribution < -0.4 is 4.74 Å². The van der Waals surface area contributed by atoms with Crippen LogP contribution in [0.15, 0.2) is 91.0 Å². The summed E-state index contributed by atoms with van der Waals surface area (Å²) in [5, 5.41) is 0. The fourth-order valence-electron chi connectivity index (χ4n) is 4.97. The number of halogens is 1. The monoisotopic (exact) mass is 509 g/mol. The van der Waals surface area contributed by atoms with Gasteiger partial charge in [-0.25, -0.2) is 4.39 Å². The van der Waals surface area contributed by atoms with Crippen LogP contribution in [0, 0.1) is 12.7 Å². The SMILES string of the molecule is COc1cccc(-c2cc(C(=O)N3CCN(C/C=C/c4ccccc4)CC3)c(C)n2-c2ccccc2F)c1. The second kappa shape index (κ2) is 11.5. The van der Waals surface area contributed by atoms with Crippen molar-refractivity contribution in [2.45, 2.75) is 6.92 Å². The van der Waals surface area contributed by atoms with Crippen molar-refractivity contribution in [2.75, 3.05) is 39.8 Å². The molecule has 0 atom stereocenters. The molecular weight excluding hydrogens is 477 g/mol. The Kier molecular flexibility index (Phi) is 7.70. The number of hydrogen-bond donors (Lipinski definition) is 0. The molecule has 0 spiro atoms. The summed E-state index contributed by atoms with van der Waals surface area (Å²) in [4.78, 5) is 18.0. The zero-order chi connectivity index (χ0) is 26.5. The second-order valence-corrected chi connectivity index (χ2v) is 9.45. The molecule has 1 fully saturated rings. The molecule has 0 bridgehead atoms. The van der Waals surface area contributed by atoms with Gasteiger partial charge in [-0.2, -0.15) is 0 Å². The van der Waals surface area contributed by atoms with Crippen molar-refractivity contribution in [1.29, 1.82) is 0 Å². The highest BCUT2D eigenvalue weighted by atomic mass is 19.1. The maximum absolute atomic E-state index is 15.0. The molecule has 5 rings (SSSR count). The zero-order valence-electron chi connectivity index (χ0n) is 21.8. The van der Waals surface area contributed by atoms with Gasteiger partial charge in [-0.3, -0.25) is 9.69 Å². The average molecular weight is 510 g/mol. The number of carbonyl (C=O) groups is 1. The van der Waals surface area contributed by atoms with Crippen LogP contribution in [0.1, 0.15) is 21.6 Å². The summed E-state index contributed by atoms with van der Waals surface area (Å²) < 4.78 is 22.2. The Morgan fingerprint density at radius 2 is 1.66 bits per heavy atom. The molecule has 0 aliphatic carbocycles. The fraction of sp³-hybridized carbons (Fsp3) is 0.219. The maximum atomic E-state index is 15.0. The summed E-state index contributed by atoms with van der Waals surface area (Å²) in [6.45, 7) is 5.64. The molecule has 0 saturated carbocycles. The predicted molar refractivity (Wildman–Crippen MR) is 150 cm³/mol. The van der Waals surface area contributed by atoms with Crippen molar-refractivity contribution < 1.29 is 13.9 Å². The third-order valence-electron chi connectivity index (χ3n) is 7.07. The quantitative estimate of drug-likeness (QED) is 0.303. The lowest BCUT2D eigenvalue weighted by Gasteiger charge is -2.34. The third-order valence-corrected chi connectivity index (χ3v) is 7.07. The minimum atomic E-state index is -0.341. The molecule has 194 valence electrons. The number of aromatic nitrogens is 1. The predicted octanol–water partition coefficient (Wildman–Crippen LogP) is 6.07. The van der Waals surface area contributed by atoms with Crippen molar-refractivity contribution in [3.8, 4) is 22.7 Å². The van der Waals surface area contributed by atoms with Crippen LogP contribution in [-0.2, 0) is 0 Å². The Morgan fingerprint density at radius 1 is 0.921 bits per heavy atom. The molecule has 1 amide bonds. The molecule has 4 aromatic rings. The number of carbonyl (C=O) groups excluding carboxylic acids is 1. The standard InChI is InChI=1S/C32H32FN3O2/c1-24-28(32(37)35-20-18-34(19-21-35)17-9-12-25-10-4-3-5-11-25)23-31(26-13-8-14-27(22-26)38-2)36(24)30-16-7-6-15-29(30)33/h3-16,22-23H,17-21H2,1-2H3/b12-9+. The lowest BCUT2D eigenvalue weighted by molar-refractivity contribution is 0.0649. The summed E-state index contributed by atoms with van der Waals surface area (Å²) >= 11 is 0. The Bertz CT molecular complexity index is 1440. The normalized spacial score (nSPS) is 14.2. The van der Waals surface area contributed by atoms with E-state index in [0.717, 1.165) is 30.9 Å². The highest BCUT2D eigenvalue weighted by molar-refractivity contribution is 5.97. The van der Waals surface area contributed by atoms with Gasteiger partial charge in [-0.1, -0.05) is 66.7 Å². The summed E-state index contributed by atoms with van der Waals surface area (Å²) in [7, 11) is 1.62. The summed E-state index contributed by atoms with van der Waals surface area (Å²) in [5.74, 6) is 0.333. The van der Waals surface area contributed by atoms with E-state index in [4.69, 9.17) is 4.74 Å². The Hall–Kier alpha value is -4.16. The van der Waals surface area contributed by atoms with Crippen LogP contribution in [-0.4, -0.2) is 60.1 Å². The van der Waals surface area contributed by atoms with Crippen molar-refractivity contribution in [2.24, 2.45) is 0 Å². The van der Waals surface area contributed by atoms with E-state index >= 15 is 0 Å². The fourth-order valence-corrected chi connectivity index (χ4v) is 4.97. The van der Waals surface area contributed by atoms with Crippen LogP contribution in [0.4, 0.5) is 4.39 Å². The molecule has 2 heterocycles. The number of para-hydroxylation sites is 1. The number of rotatable bonds is 7. The van der Waals surface area contributed by atoms with Crippen LogP contribution in [0.5, 0.6) is 5.75 Å². The number of nitrogens with zero attached hydrogens (tertiary/aromatic N) is 3. The number of piperazine rings is 1. The average Bonchev–Trinajstić information content (AvgIpc) is 3.30. The van der Waals surface area contributed by atoms with Crippen LogP contribution in [0.2, 0.25) is 0 Å². The first-order chi connectivity index (χ1) is 18.5. The van der Waals surface area contributed by atoms with E-state index in [1.807, 2.05) is 64.9 Å². The number of methoxy groups -OCH3 is 1. The third kappa shape index (κ3) is 5.41. The van der Waals surface area contributed by atoms with Crippen LogP contribution in [0.25, 0.3) is 23.0 Å². The van der Waals surface area contributed by atoms with Gasteiger partial charge in [0.05, 0.1) is 24.1 Å². The number of amides is 1. The van der Waals surface area contributed by atoms with E-state index in [-0.39, 0.29) is 11.7 Å². The topological polar surface area (TPSA) is 37.7 Å². The zero-order valence-corrected chi connectivity index (χ0v) is 21.8. The van der Waals surface area contributed by atoms with Crippen molar-refractivity contribution in [1.82, 2.24) is 14.4 Å². The first-order valence-corrected chi connectivity index (χ1v) is 12.9. The molecule has 5 nitrogen and oxygen atoms in total. The molecule has 1 aromatic heterocycles. The number of hydrogen-bond acceptors (Lipinski definition) is 3. The van der Waals surface area contributed by atoms with E-state index in [1.54, 1.807) is 25.3 Å². The molecule has 6 heteroatoms. The highest BCUT2D eigenvalue weighted by Crippen LogP contribution is 2.33. The van der Waals surface area contributed by atoms with Gasteiger partial charge in [0.1, 0.15) is 11.6 Å². The minimum absolute atomic E-state index is 0.0267. The molecule has 0 unspecified atom stereocenters. The molecule has 1 aliphatic rings. The van der Waals surface area contributed by atoms with E-state index in [9.17, 15) is 9.18 Å². The smallest absolute Gasteiger partial charge is 0.255 e. The molecule has 3 aromatic carbocycles. The van der Waals surface area contributed by atoms with E-state index in [1.165, 1.54) is 11.6 Å². The summed E-state index contributed by atoms with van der Waals surface area (Å²) in [6, 6.07) is 26.4. The molecule has 0 radical (unpaired) electrons. The van der Waals surface area contributed by atoms with E-state index in [0.29, 0.717) is 35.8 Å². The van der Waals surface area contributed by atoms with Crippen LogP contribution in [0.3, 0.4) is 0 Å². The van der Waals surface area contributed by atoms with Gasteiger partial charge in [0.2, 0.25) is 0 Å². The van der Waals surface area contributed by atoms with Gasteiger partial charge in [0.15, 0.2) is 0 Å². The summed E-state index contributed by atoms with van der Waals surface area (Å²) in [6.07, 6.45) is 4.30. The maximum Gasteiger partial charge on any atom is 0.255 e. The van der Waals surface area contributed by atoms with Crippen molar-refractivity contribution in [3.05, 3.63) is 114 Å². The first kappa shape index (κ1) is 25.5. The molecule has 1 saturated heterocycles. The molecule has 38 heavy (non-hydrogen) atoms. The number of ether oxygens (including phenoxy) is 1. The van der Waals surface area contributed by atoms with Gasteiger partial charge in [0, 0.05) is 44.0 Å². The molecule has 1 aliphatic heterocycles. The Labute approximate surface area is 223 Å². The largest absolute Gasteiger partial charge is 0.497 e. The highest BCUT2D eigenvalue weighted by Gasteiger charge is 2.27. The van der Waals surface area contributed by atoms with Crippen molar-refractivity contribution >= 4 is 12.0 Å². The van der Waals surface area contributed by atoms with Gasteiger partial charge < -0.3 is 14.2 Å². The first-order valence-electron chi connectivity index (χ1n) is 12.9. The van der Waals surface area contributed by atoms with E-state index in [2.05, 4.69) is 29.2 Å². The van der Waals surface area contributed by atoms with Gasteiger partial charge in [-0.05, 0) is 42.8 Å². The minimum Gasteiger partial charge on any atom is -0.497 e. The van der Waals surface area contributed by atoms with Gasteiger partial charge in [-0.15, -0.1) is 0 Å². The molecular formula is C32H32FN3O2. The summed E-state index contributed by atoms with van der Waals surface area (Å²) in [5.41, 5.74) is 4.50. The lowest BCUT2D eigenvalue weighted by atomic mass is 10.1. The Balaban J connectivity index is 1.37. The second-order valence-electron chi connectivity index (χ2n) is 9.45. The van der Waals surface area contributed by atoms with Crippen LogP contribution >= 0.6 is 0 Å². The van der Waals surface area contributed by atoms with Gasteiger partial charge in [0.25, 0.3) is 5.91 Å². The number of benzene rings is 3. The van der Waals surface area contributed by atoms with E-state index < -0.39 is 0 Å². The lowest BCUT2D eigenvalue weighted by Crippen LogP contribution is -2.48.